The second-order valence-electron chi connectivity index (χ2n) is 5.53. The molecular formula is C14H21N3OS. The van der Waals surface area contributed by atoms with Crippen molar-refractivity contribution in [2.24, 2.45) is 0 Å². The van der Waals surface area contributed by atoms with Gasteiger partial charge in [0.15, 0.2) is 10.9 Å². The molecule has 104 valence electrons. The zero-order chi connectivity index (χ0) is 13.2. The molecule has 3 rings (SSSR count). The summed E-state index contributed by atoms with van der Waals surface area (Å²) in [5.41, 5.74) is 0.609. The van der Waals surface area contributed by atoms with Gasteiger partial charge in [0.05, 0.1) is 0 Å². The van der Waals surface area contributed by atoms with Crippen LogP contribution >= 0.6 is 11.3 Å². The summed E-state index contributed by atoms with van der Waals surface area (Å²) < 4.78 is 0. The molecule has 19 heavy (non-hydrogen) atoms. The topological polar surface area (TPSA) is 36.4 Å². The van der Waals surface area contributed by atoms with Gasteiger partial charge in [-0.3, -0.25) is 9.69 Å². The fourth-order valence-corrected chi connectivity index (χ4v) is 4.04. The molecule has 1 saturated heterocycles. The van der Waals surface area contributed by atoms with E-state index >= 15 is 0 Å². The van der Waals surface area contributed by atoms with Crippen LogP contribution in [0.1, 0.15) is 43.1 Å². The number of aromatic nitrogens is 1. The molecule has 0 bridgehead atoms. The Bertz CT molecular complexity index is 445. The average molecular weight is 279 g/mol. The van der Waals surface area contributed by atoms with Gasteiger partial charge in [0, 0.05) is 44.5 Å². The highest BCUT2D eigenvalue weighted by atomic mass is 32.1. The number of anilines is 1. The molecule has 1 aliphatic heterocycles. The van der Waals surface area contributed by atoms with Crippen molar-refractivity contribution in [2.75, 3.05) is 31.1 Å². The lowest BCUT2D eigenvalue weighted by atomic mass is 10.2. The maximum Gasteiger partial charge on any atom is 0.186 e. The van der Waals surface area contributed by atoms with Crippen LogP contribution in [0.15, 0.2) is 5.38 Å². The van der Waals surface area contributed by atoms with E-state index in [-0.39, 0.29) is 5.78 Å². The normalized spacial score (nSPS) is 22.1. The predicted octanol–water partition coefficient (Wildman–Crippen LogP) is 2.41. The Morgan fingerprint density at radius 2 is 1.95 bits per heavy atom. The highest BCUT2D eigenvalue weighted by Gasteiger charge is 2.27. The summed E-state index contributed by atoms with van der Waals surface area (Å²) in [5.74, 6) is 0.0621. The van der Waals surface area contributed by atoms with Gasteiger partial charge in [-0.25, -0.2) is 4.98 Å². The van der Waals surface area contributed by atoms with Gasteiger partial charge in [-0.05, 0) is 12.8 Å². The molecule has 2 aliphatic rings. The third kappa shape index (κ3) is 2.82. The minimum Gasteiger partial charge on any atom is -0.346 e. The van der Waals surface area contributed by atoms with E-state index in [4.69, 9.17) is 0 Å². The summed E-state index contributed by atoms with van der Waals surface area (Å²) in [6, 6.07) is 0.825. The van der Waals surface area contributed by atoms with Gasteiger partial charge in [-0.15, -0.1) is 11.3 Å². The molecule has 1 aliphatic carbocycles. The molecule has 1 aromatic heterocycles. The molecule has 0 amide bonds. The molecule has 0 spiro atoms. The molecule has 2 fully saturated rings. The van der Waals surface area contributed by atoms with Crippen LogP contribution < -0.4 is 4.90 Å². The summed E-state index contributed by atoms with van der Waals surface area (Å²) in [6.07, 6.45) is 5.57. The van der Waals surface area contributed by atoms with Crippen molar-refractivity contribution in [3.05, 3.63) is 11.1 Å². The first-order valence-electron chi connectivity index (χ1n) is 7.19. The average Bonchev–Trinajstić information content (AvgIpc) is 3.11. The number of hydrogen-bond donors (Lipinski definition) is 0. The van der Waals surface area contributed by atoms with Crippen molar-refractivity contribution in [3.8, 4) is 0 Å². The third-order valence-corrected chi connectivity index (χ3v) is 5.18. The maximum atomic E-state index is 11.3. The number of Topliss-reactive ketones (excluding diaryl/α,β-unsaturated/α-hetero) is 1. The Labute approximate surface area is 118 Å². The van der Waals surface area contributed by atoms with E-state index in [9.17, 15) is 4.79 Å². The van der Waals surface area contributed by atoms with Crippen molar-refractivity contribution < 1.29 is 4.79 Å². The number of rotatable bonds is 3. The largest absolute Gasteiger partial charge is 0.346 e. The van der Waals surface area contributed by atoms with E-state index < -0.39 is 0 Å². The lowest BCUT2D eigenvalue weighted by molar-refractivity contribution is 0.101. The molecule has 1 aromatic rings. The Hall–Kier alpha value is -0.940. The number of hydrogen-bond acceptors (Lipinski definition) is 5. The van der Waals surface area contributed by atoms with E-state index in [0.717, 1.165) is 37.4 Å². The fourth-order valence-electron chi connectivity index (χ4n) is 3.12. The van der Waals surface area contributed by atoms with Crippen LogP contribution in [0.5, 0.6) is 0 Å². The fraction of sp³-hybridized carbons (Fsp3) is 0.714. The van der Waals surface area contributed by atoms with E-state index in [1.165, 1.54) is 25.7 Å². The molecule has 0 radical (unpaired) electrons. The van der Waals surface area contributed by atoms with Crippen LogP contribution in [0, 0.1) is 0 Å². The number of nitrogens with zero attached hydrogens (tertiary/aromatic N) is 3. The van der Waals surface area contributed by atoms with Crippen molar-refractivity contribution in [1.29, 1.82) is 0 Å². The molecule has 0 N–H and O–H groups in total. The minimum absolute atomic E-state index is 0.0621. The predicted molar refractivity (Wildman–Crippen MR) is 78.2 cm³/mol. The van der Waals surface area contributed by atoms with Gasteiger partial charge >= 0.3 is 0 Å². The van der Waals surface area contributed by atoms with Crippen LogP contribution in [0.25, 0.3) is 0 Å². The zero-order valence-electron chi connectivity index (χ0n) is 11.5. The van der Waals surface area contributed by atoms with Crippen LogP contribution in [0.2, 0.25) is 0 Å². The highest BCUT2D eigenvalue weighted by Crippen LogP contribution is 2.27. The van der Waals surface area contributed by atoms with Gasteiger partial charge in [0.2, 0.25) is 0 Å². The number of piperazine rings is 1. The van der Waals surface area contributed by atoms with Gasteiger partial charge in [0.25, 0.3) is 0 Å². The third-order valence-electron chi connectivity index (χ3n) is 4.28. The van der Waals surface area contributed by atoms with Gasteiger partial charge in [-0.2, -0.15) is 0 Å². The number of thiazole rings is 1. The van der Waals surface area contributed by atoms with Crippen molar-refractivity contribution >= 4 is 22.3 Å². The SMILES string of the molecule is CC(=O)c1csc(N2CCN(C3CCCC3)CC2)n1. The lowest BCUT2D eigenvalue weighted by Crippen LogP contribution is -2.49. The summed E-state index contributed by atoms with van der Waals surface area (Å²) in [5, 5.41) is 2.89. The van der Waals surface area contributed by atoms with Crippen molar-refractivity contribution in [3.63, 3.8) is 0 Å². The van der Waals surface area contributed by atoms with E-state index in [0.29, 0.717) is 5.69 Å². The smallest absolute Gasteiger partial charge is 0.186 e. The molecule has 4 nitrogen and oxygen atoms in total. The molecule has 0 aromatic carbocycles. The lowest BCUT2D eigenvalue weighted by Gasteiger charge is -2.37. The van der Waals surface area contributed by atoms with Gasteiger partial charge in [-0.1, -0.05) is 12.8 Å². The molecular weight excluding hydrogens is 258 g/mol. The Morgan fingerprint density at radius 3 is 2.53 bits per heavy atom. The first kappa shape index (κ1) is 13.1. The number of carbonyl (C=O) groups is 1. The van der Waals surface area contributed by atoms with Gasteiger partial charge in [0.1, 0.15) is 5.69 Å². The van der Waals surface area contributed by atoms with Gasteiger partial charge < -0.3 is 4.90 Å². The summed E-state index contributed by atoms with van der Waals surface area (Å²) >= 11 is 1.59. The van der Waals surface area contributed by atoms with Crippen molar-refractivity contribution in [2.45, 2.75) is 38.6 Å². The minimum atomic E-state index is 0.0621. The summed E-state index contributed by atoms with van der Waals surface area (Å²) in [4.78, 5) is 20.7. The van der Waals surface area contributed by atoms with Crippen molar-refractivity contribution in [1.82, 2.24) is 9.88 Å². The van der Waals surface area contributed by atoms with Crippen LogP contribution in [0.4, 0.5) is 5.13 Å². The van der Waals surface area contributed by atoms with Crippen LogP contribution in [-0.2, 0) is 0 Å². The van der Waals surface area contributed by atoms with E-state index in [1.54, 1.807) is 18.3 Å². The maximum absolute atomic E-state index is 11.3. The van der Waals surface area contributed by atoms with E-state index in [1.807, 2.05) is 5.38 Å². The molecule has 1 saturated carbocycles. The Balaban J connectivity index is 1.58. The summed E-state index contributed by atoms with van der Waals surface area (Å²) in [6.45, 7) is 5.94. The summed E-state index contributed by atoms with van der Waals surface area (Å²) in [7, 11) is 0. The molecule has 5 heteroatoms. The molecule has 0 atom stereocenters. The Kier molecular flexibility index (Phi) is 3.84. The molecule has 0 unspecified atom stereocenters. The second kappa shape index (κ2) is 5.59. The van der Waals surface area contributed by atoms with Crippen LogP contribution in [0.3, 0.4) is 0 Å². The monoisotopic (exact) mass is 279 g/mol. The zero-order valence-corrected chi connectivity index (χ0v) is 12.3. The van der Waals surface area contributed by atoms with E-state index in [2.05, 4.69) is 14.8 Å². The second-order valence-corrected chi connectivity index (χ2v) is 6.37. The highest BCUT2D eigenvalue weighted by molar-refractivity contribution is 7.13. The first-order chi connectivity index (χ1) is 9.24. The standard InChI is InChI=1S/C14H21N3OS/c1-11(18)13-10-19-14(15-13)17-8-6-16(7-9-17)12-4-2-3-5-12/h10,12H,2-9H2,1H3. The number of ketones is 1. The molecule has 2 heterocycles. The first-order valence-corrected chi connectivity index (χ1v) is 8.07. The quantitative estimate of drug-likeness (QED) is 0.796. The number of carbonyl (C=O) groups excluding carboxylic acids is 1. The van der Waals surface area contributed by atoms with Crippen LogP contribution in [-0.4, -0.2) is 47.9 Å². The Morgan fingerprint density at radius 1 is 1.26 bits per heavy atom.